The monoisotopic (exact) mass is 319 g/mol. The van der Waals surface area contributed by atoms with Crippen LogP contribution in [0, 0.1) is 0 Å². The predicted molar refractivity (Wildman–Crippen MR) is 87.9 cm³/mol. The van der Waals surface area contributed by atoms with Crippen LogP contribution in [0.3, 0.4) is 0 Å². The van der Waals surface area contributed by atoms with Gasteiger partial charge >= 0.3 is 0 Å². The van der Waals surface area contributed by atoms with Crippen LogP contribution in [0.15, 0.2) is 41.6 Å². The first-order chi connectivity index (χ1) is 9.92. The lowest BCUT2D eigenvalue weighted by molar-refractivity contribution is 0.317. The van der Waals surface area contributed by atoms with Gasteiger partial charge in [-0.15, -0.1) is 0 Å². The summed E-state index contributed by atoms with van der Waals surface area (Å²) < 4.78 is 0. The van der Waals surface area contributed by atoms with Gasteiger partial charge in [-0.2, -0.15) is 0 Å². The molecule has 2 aromatic rings. The van der Waals surface area contributed by atoms with Gasteiger partial charge < -0.3 is 5.21 Å². The number of oxime groups is 1. The third kappa shape index (κ3) is 2.43. The molecule has 2 aromatic carbocycles. The van der Waals surface area contributed by atoms with E-state index in [4.69, 9.17) is 28.4 Å². The van der Waals surface area contributed by atoms with Gasteiger partial charge in [-0.3, -0.25) is 0 Å². The van der Waals surface area contributed by atoms with Crippen molar-refractivity contribution in [3.63, 3.8) is 0 Å². The summed E-state index contributed by atoms with van der Waals surface area (Å²) in [5.74, 6) is 0. The Morgan fingerprint density at radius 1 is 1.00 bits per heavy atom. The van der Waals surface area contributed by atoms with Crippen LogP contribution in [0.4, 0.5) is 0 Å². The molecule has 0 spiro atoms. The third-order valence-electron chi connectivity index (χ3n) is 4.04. The van der Waals surface area contributed by atoms with Crippen LogP contribution in [0.2, 0.25) is 10.0 Å². The molecule has 1 aliphatic rings. The summed E-state index contributed by atoms with van der Waals surface area (Å²) >= 11 is 12.1. The molecule has 0 fully saturated rings. The van der Waals surface area contributed by atoms with Gasteiger partial charge in [0.2, 0.25) is 0 Å². The van der Waals surface area contributed by atoms with Crippen molar-refractivity contribution >= 4 is 28.9 Å². The molecule has 108 valence electrons. The van der Waals surface area contributed by atoms with Crippen molar-refractivity contribution in [2.75, 3.05) is 0 Å². The van der Waals surface area contributed by atoms with Crippen LogP contribution in [0.5, 0.6) is 0 Å². The molecule has 0 unspecified atom stereocenters. The van der Waals surface area contributed by atoms with Crippen LogP contribution < -0.4 is 0 Å². The summed E-state index contributed by atoms with van der Waals surface area (Å²) in [6.07, 6.45) is 0.740. The summed E-state index contributed by atoms with van der Waals surface area (Å²) in [5, 5.41) is 13.7. The highest BCUT2D eigenvalue weighted by atomic mass is 35.5. The van der Waals surface area contributed by atoms with Crippen LogP contribution >= 0.6 is 23.2 Å². The third-order valence-corrected chi connectivity index (χ3v) is 4.78. The second-order valence-corrected chi connectivity index (χ2v) is 6.81. The smallest absolute Gasteiger partial charge is 0.0879 e. The van der Waals surface area contributed by atoms with Crippen LogP contribution in [-0.2, 0) is 5.41 Å². The van der Waals surface area contributed by atoms with Crippen molar-refractivity contribution in [2.24, 2.45) is 5.16 Å². The fourth-order valence-electron chi connectivity index (χ4n) is 2.91. The predicted octanol–water partition coefficient (Wildman–Crippen LogP) is 5.52. The maximum absolute atomic E-state index is 9.15. The molecular formula is C17H15Cl2NO. The Hall–Kier alpha value is -1.51. The maximum Gasteiger partial charge on any atom is 0.0879 e. The average Bonchev–Trinajstić information content (AvgIpc) is 2.73. The van der Waals surface area contributed by atoms with Gasteiger partial charge in [-0.1, -0.05) is 60.4 Å². The summed E-state index contributed by atoms with van der Waals surface area (Å²) in [6, 6.07) is 11.8. The van der Waals surface area contributed by atoms with Gasteiger partial charge in [0, 0.05) is 12.0 Å². The molecule has 0 aliphatic heterocycles. The second-order valence-electron chi connectivity index (χ2n) is 6.00. The summed E-state index contributed by atoms with van der Waals surface area (Å²) in [7, 11) is 0. The van der Waals surface area contributed by atoms with E-state index in [1.807, 2.05) is 24.3 Å². The lowest BCUT2D eigenvalue weighted by atomic mass is 9.85. The zero-order chi connectivity index (χ0) is 15.2. The molecule has 2 nitrogen and oxygen atoms in total. The van der Waals surface area contributed by atoms with E-state index in [0.29, 0.717) is 10.0 Å². The molecular weight excluding hydrogens is 305 g/mol. The SMILES string of the molecule is CC1(C)C/C(=N\O)c2ccc(-c3ccc(Cl)c(Cl)c3)cc21. The molecule has 0 amide bonds. The lowest BCUT2D eigenvalue weighted by Crippen LogP contribution is -2.12. The normalized spacial score (nSPS) is 18.0. The first-order valence-electron chi connectivity index (χ1n) is 6.73. The maximum atomic E-state index is 9.15. The molecule has 0 atom stereocenters. The zero-order valence-corrected chi connectivity index (χ0v) is 13.3. The molecule has 0 aromatic heterocycles. The number of fused-ring (bicyclic) bond motifs is 1. The summed E-state index contributed by atoms with van der Waals surface area (Å²) in [5.41, 5.74) is 5.03. The van der Waals surface area contributed by atoms with Crippen molar-refractivity contribution in [3.05, 3.63) is 57.6 Å². The number of rotatable bonds is 1. The zero-order valence-electron chi connectivity index (χ0n) is 11.8. The van der Waals surface area contributed by atoms with Gasteiger partial charge in [0.25, 0.3) is 0 Å². The number of hydrogen-bond acceptors (Lipinski definition) is 2. The Bertz CT molecular complexity index is 750. The van der Waals surface area contributed by atoms with Crippen LogP contribution in [-0.4, -0.2) is 10.9 Å². The molecule has 3 rings (SSSR count). The van der Waals surface area contributed by atoms with E-state index in [1.165, 1.54) is 5.56 Å². The Morgan fingerprint density at radius 3 is 2.33 bits per heavy atom. The van der Waals surface area contributed by atoms with E-state index in [0.717, 1.165) is 28.8 Å². The van der Waals surface area contributed by atoms with Gasteiger partial charge in [0.1, 0.15) is 0 Å². The molecule has 4 heteroatoms. The van der Waals surface area contributed by atoms with E-state index in [1.54, 1.807) is 6.07 Å². The van der Waals surface area contributed by atoms with E-state index in [-0.39, 0.29) is 5.41 Å². The lowest BCUT2D eigenvalue weighted by Gasteiger charge is -2.19. The van der Waals surface area contributed by atoms with E-state index < -0.39 is 0 Å². The quantitative estimate of drug-likeness (QED) is 0.544. The van der Waals surface area contributed by atoms with Crippen molar-refractivity contribution in [1.29, 1.82) is 0 Å². The van der Waals surface area contributed by atoms with E-state index >= 15 is 0 Å². The highest BCUT2D eigenvalue weighted by molar-refractivity contribution is 6.42. The summed E-state index contributed by atoms with van der Waals surface area (Å²) in [6.45, 7) is 4.31. The topological polar surface area (TPSA) is 32.6 Å². The van der Waals surface area contributed by atoms with Crippen molar-refractivity contribution < 1.29 is 5.21 Å². The molecule has 0 radical (unpaired) electrons. The second kappa shape index (κ2) is 5.04. The average molecular weight is 320 g/mol. The minimum Gasteiger partial charge on any atom is -0.411 e. The van der Waals surface area contributed by atoms with Gasteiger partial charge in [-0.25, -0.2) is 0 Å². The molecule has 1 N–H and O–H groups in total. The molecule has 0 bridgehead atoms. The van der Waals surface area contributed by atoms with Gasteiger partial charge in [0.15, 0.2) is 0 Å². The molecule has 0 saturated carbocycles. The highest BCUT2D eigenvalue weighted by Gasteiger charge is 2.34. The number of halogens is 2. The van der Waals surface area contributed by atoms with Crippen LogP contribution in [0.1, 0.15) is 31.4 Å². The minimum absolute atomic E-state index is 0.0386. The fraction of sp³-hybridized carbons (Fsp3) is 0.235. The number of benzene rings is 2. The standard InChI is InChI=1S/C17H15Cl2NO/c1-17(2)9-16(20-21)12-5-3-10(7-13(12)17)11-4-6-14(18)15(19)8-11/h3-8,21H,9H2,1-2H3/b20-16+. The van der Waals surface area contributed by atoms with Crippen molar-refractivity contribution in [1.82, 2.24) is 0 Å². The Kier molecular flexibility index (Phi) is 3.46. The minimum atomic E-state index is -0.0386. The van der Waals surface area contributed by atoms with Crippen LogP contribution in [0.25, 0.3) is 11.1 Å². The number of nitrogens with zero attached hydrogens (tertiary/aromatic N) is 1. The first kappa shape index (κ1) is 14.4. The van der Waals surface area contributed by atoms with E-state index in [2.05, 4.69) is 25.1 Å². The van der Waals surface area contributed by atoms with Gasteiger partial charge in [-0.05, 0) is 40.3 Å². The molecule has 1 aliphatic carbocycles. The Morgan fingerprint density at radius 2 is 1.67 bits per heavy atom. The Balaban J connectivity index is 2.14. The van der Waals surface area contributed by atoms with Gasteiger partial charge in [0.05, 0.1) is 15.8 Å². The molecule has 21 heavy (non-hydrogen) atoms. The van der Waals surface area contributed by atoms with Crippen molar-refractivity contribution in [3.8, 4) is 11.1 Å². The Labute approximate surface area is 134 Å². The van der Waals surface area contributed by atoms with E-state index in [9.17, 15) is 0 Å². The largest absolute Gasteiger partial charge is 0.411 e. The summed E-state index contributed by atoms with van der Waals surface area (Å²) in [4.78, 5) is 0. The number of hydrogen-bond donors (Lipinski definition) is 1. The van der Waals surface area contributed by atoms with Crippen molar-refractivity contribution in [2.45, 2.75) is 25.7 Å². The first-order valence-corrected chi connectivity index (χ1v) is 7.49. The molecule has 0 heterocycles. The molecule has 0 saturated heterocycles. The fourth-order valence-corrected chi connectivity index (χ4v) is 3.21. The highest BCUT2D eigenvalue weighted by Crippen LogP contribution is 2.41.